The topological polar surface area (TPSA) is 101 Å². The van der Waals surface area contributed by atoms with Crippen molar-refractivity contribution in [2.75, 3.05) is 6.54 Å². The summed E-state index contributed by atoms with van der Waals surface area (Å²) in [5.41, 5.74) is 6.51. The maximum Gasteiger partial charge on any atom is 0.230 e. The molecule has 1 aromatic heterocycles. The Bertz CT molecular complexity index is 445. The van der Waals surface area contributed by atoms with Gasteiger partial charge in [-0.3, -0.25) is 4.79 Å². The Hall–Kier alpha value is -1.63. The van der Waals surface area contributed by atoms with Crippen LogP contribution in [0.3, 0.4) is 0 Å². The van der Waals surface area contributed by atoms with Gasteiger partial charge in [0.2, 0.25) is 5.91 Å². The molecule has 1 atom stereocenters. The number of aromatic nitrogens is 1. The molecule has 1 aromatic rings. The van der Waals surface area contributed by atoms with Gasteiger partial charge in [0.1, 0.15) is 0 Å². The van der Waals surface area contributed by atoms with Gasteiger partial charge < -0.3 is 16.3 Å². The highest BCUT2D eigenvalue weighted by Gasteiger charge is 2.21. The van der Waals surface area contributed by atoms with Crippen molar-refractivity contribution in [1.29, 1.82) is 0 Å². The molecule has 0 saturated carbocycles. The quantitative estimate of drug-likeness (QED) is 0.304. The van der Waals surface area contributed by atoms with Crippen LogP contribution in [0.2, 0.25) is 0 Å². The van der Waals surface area contributed by atoms with E-state index in [0.717, 1.165) is 17.1 Å². The molecule has 0 bridgehead atoms. The van der Waals surface area contributed by atoms with Crippen molar-refractivity contribution in [3.05, 3.63) is 16.1 Å². The highest BCUT2D eigenvalue weighted by Crippen LogP contribution is 2.09. The van der Waals surface area contributed by atoms with Crippen LogP contribution in [0.4, 0.5) is 0 Å². The van der Waals surface area contributed by atoms with Gasteiger partial charge in [0.15, 0.2) is 5.84 Å². The first-order chi connectivity index (χ1) is 9.08. The SMILES string of the molecule is CCCC(C(=O)NCCc1nc(C)cs1)C(N)=NO. The number of rotatable bonds is 7. The molecule has 0 aromatic carbocycles. The predicted molar refractivity (Wildman–Crippen MR) is 75.4 cm³/mol. The lowest BCUT2D eigenvalue weighted by molar-refractivity contribution is -0.123. The van der Waals surface area contributed by atoms with Crippen molar-refractivity contribution in [2.45, 2.75) is 33.1 Å². The summed E-state index contributed by atoms with van der Waals surface area (Å²) in [4.78, 5) is 16.2. The van der Waals surface area contributed by atoms with Gasteiger partial charge in [-0.25, -0.2) is 4.98 Å². The van der Waals surface area contributed by atoms with Crippen LogP contribution < -0.4 is 11.1 Å². The normalized spacial score (nSPS) is 13.3. The number of nitrogens with two attached hydrogens (primary N) is 1. The Morgan fingerprint density at radius 2 is 2.42 bits per heavy atom. The Labute approximate surface area is 116 Å². The highest BCUT2D eigenvalue weighted by molar-refractivity contribution is 7.09. The summed E-state index contributed by atoms with van der Waals surface area (Å²) < 4.78 is 0. The van der Waals surface area contributed by atoms with Crippen LogP contribution in [0.1, 0.15) is 30.5 Å². The molecule has 6 nitrogen and oxygen atoms in total. The van der Waals surface area contributed by atoms with Crippen molar-refractivity contribution >= 4 is 23.1 Å². The molecule has 1 rings (SSSR count). The van der Waals surface area contributed by atoms with E-state index in [-0.39, 0.29) is 11.7 Å². The van der Waals surface area contributed by atoms with Gasteiger partial charge >= 0.3 is 0 Å². The zero-order valence-electron chi connectivity index (χ0n) is 11.2. The number of thiazole rings is 1. The molecule has 4 N–H and O–H groups in total. The number of nitrogens with one attached hydrogen (secondary N) is 1. The number of carbonyl (C=O) groups is 1. The minimum atomic E-state index is -0.562. The van der Waals surface area contributed by atoms with Gasteiger partial charge in [-0.2, -0.15) is 0 Å². The van der Waals surface area contributed by atoms with Crippen LogP contribution in [0.5, 0.6) is 0 Å². The van der Waals surface area contributed by atoms with E-state index in [2.05, 4.69) is 15.5 Å². The molecule has 19 heavy (non-hydrogen) atoms. The van der Waals surface area contributed by atoms with E-state index < -0.39 is 5.92 Å². The molecule has 0 spiro atoms. The molecule has 106 valence electrons. The fourth-order valence-corrected chi connectivity index (χ4v) is 2.48. The molecule has 0 aliphatic heterocycles. The number of amidine groups is 1. The van der Waals surface area contributed by atoms with Gasteiger partial charge in [0, 0.05) is 24.0 Å². The van der Waals surface area contributed by atoms with E-state index in [0.29, 0.717) is 19.4 Å². The Kier molecular flexibility index (Phi) is 6.27. The summed E-state index contributed by atoms with van der Waals surface area (Å²) >= 11 is 1.58. The van der Waals surface area contributed by atoms with E-state index in [1.807, 2.05) is 19.2 Å². The van der Waals surface area contributed by atoms with Gasteiger partial charge in [-0.05, 0) is 13.3 Å². The zero-order chi connectivity index (χ0) is 14.3. The lowest BCUT2D eigenvalue weighted by atomic mass is 10.0. The minimum Gasteiger partial charge on any atom is -0.409 e. The van der Waals surface area contributed by atoms with Crippen molar-refractivity contribution < 1.29 is 10.0 Å². The fourth-order valence-electron chi connectivity index (χ4n) is 1.71. The van der Waals surface area contributed by atoms with E-state index in [1.165, 1.54) is 0 Å². The Morgan fingerprint density at radius 1 is 1.68 bits per heavy atom. The summed E-state index contributed by atoms with van der Waals surface area (Å²) in [5, 5.41) is 17.4. The third-order valence-corrected chi connectivity index (χ3v) is 3.70. The van der Waals surface area contributed by atoms with Crippen molar-refractivity contribution in [2.24, 2.45) is 16.8 Å². The van der Waals surface area contributed by atoms with E-state index in [4.69, 9.17) is 10.9 Å². The second kappa shape index (κ2) is 7.73. The number of nitrogens with zero attached hydrogens (tertiary/aromatic N) is 2. The largest absolute Gasteiger partial charge is 0.409 e. The Morgan fingerprint density at radius 3 is 2.95 bits per heavy atom. The second-order valence-corrected chi connectivity index (χ2v) is 5.23. The predicted octanol–water partition coefficient (Wildman–Crippen LogP) is 1.27. The van der Waals surface area contributed by atoms with Crippen LogP contribution in [-0.2, 0) is 11.2 Å². The van der Waals surface area contributed by atoms with Gasteiger partial charge in [-0.15, -0.1) is 11.3 Å². The van der Waals surface area contributed by atoms with Gasteiger partial charge in [0.05, 0.1) is 10.9 Å². The molecular formula is C12H20N4O2S. The lowest BCUT2D eigenvalue weighted by Gasteiger charge is -2.14. The number of aryl methyl sites for hydroxylation is 1. The summed E-state index contributed by atoms with van der Waals surface area (Å²) in [6.07, 6.45) is 2.05. The molecule has 0 fully saturated rings. The van der Waals surface area contributed by atoms with Crippen LogP contribution in [0, 0.1) is 12.8 Å². The number of hydrogen-bond acceptors (Lipinski definition) is 5. The summed E-state index contributed by atoms with van der Waals surface area (Å²) in [7, 11) is 0. The molecule has 0 aliphatic carbocycles. The number of carbonyl (C=O) groups excluding carboxylic acids is 1. The van der Waals surface area contributed by atoms with Crippen molar-refractivity contribution in [1.82, 2.24) is 10.3 Å². The number of hydrogen-bond donors (Lipinski definition) is 3. The van der Waals surface area contributed by atoms with Crippen LogP contribution >= 0.6 is 11.3 Å². The van der Waals surface area contributed by atoms with Gasteiger partial charge in [-0.1, -0.05) is 18.5 Å². The highest BCUT2D eigenvalue weighted by atomic mass is 32.1. The molecule has 0 saturated heterocycles. The van der Waals surface area contributed by atoms with Crippen LogP contribution in [0.15, 0.2) is 10.5 Å². The third-order valence-electron chi connectivity index (χ3n) is 2.67. The maximum atomic E-state index is 11.9. The third kappa shape index (κ3) is 4.86. The lowest BCUT2D eigenvalue weighted by Crippen LogP contribution is -2.39. The monoisotopic (exact) mass is 284 g/mol. The van der Waals surface area contributed by atoms with E-state index >= 15 is 0 Å². The summed E-state index contributed by atoms with van der Waals surface area (Å²) in [5.74, 6) is -0.803. The van der Waals surface area contributed by atoms with E-state index in [9.17, 15) is 4.79 Å². The molecule has 0 aliphatic rings. The summed E-state index contributed by atoms with van der Waals surface area (Å²) in [6.45, 7) is 4.39. The molecular weight excluding hydrogens is 264 g/mol. The first-order valence-corrected chi connectivity index (χ1v) is 7.12. The summed E-state index contributed by atoms with van der Waals surface area (Å²) in [6, 6.07) is 0. The molecule has 0 radical (unpaired) electrons. The van der Waals surface area contributed by atoms with Gasteiger partial charge in [0.25, 0.3) is 0 Å². The number of amides is 1. The minimum absolute atomic E-state index is 0.0376. The van der Waals surface area contributed by atoms with Crippen molar-refractivity contribution in [3.63, 3.8) is 0 Å². The standard InChI is InChI=1S/C12H20N4O2S/c1-3-4-9(11(13)16-18)12(17)14-6-5-10-15-8(2)7-19-10/h7,9,18H,3-6H2,1-2H3,(H2,13,16)(H,14,17). The first-order valence-electron chi connectivity index (χ1n) is 6.24. The van der Waals surface area contributed by atoms with Crippen molar-refractivity contribution in [3.8, 4) is 0 Å². The van der Waals surface area contributed by atoms with Crippen LogP contribution in [-0.4, -0.2) is 28.5 Å². The maximum absolute atomic E-state index is 11.9. The average Bonchev–Trinajstić information content (AvgIpc) is 2.80. The average molecular weight is 284 g/mol. The second-order valence-electron chi connectivity index (χ2n) is 4.29. The first kappa shape index (κ1) is 15.4. The number of oxime groups is 1. The van der Waals surface area contributed by atoms with E-state index in [1.54, 1.807) is 11.3 Å². The molecule has 7 heteroatoms. The molecule has 1 unspecified atom stereocenters. The fraction of sp³-hybridized carbons (Fsp3) is 0.583. The molecule has 1 amide bonds. The molecule has 1 heterocycles. The smallest absolute Gasteiger partial charge is 0.230 e. The zero-order valence-corrected chi connectivity index (χ0v) is 12.0. The van der Waals surface area contributed by atoms with Crippen LogP contribution in [0.25, 0.3) is 0 Å². The Balaban J connectivity index is 2.44.